The van der Waals surface area contributed by atoms with Crippen LogP contribution in [-0.4, -0.2) is 51.7 Å². The summed E-state index contributed by atoms with van der Waals surface area (Å²) in [5, 5.41) is 4.39. The summed E-state index contributed by atoms with van der Waals surface area (Å²) in [6, 6.07) is 8.45. The second-order valence-corrected chi connectivity index (χ2v) is 6.93. The molecule has 1 aromatic carbocycles. The fourth-order valence-electron chi connectivity index (χ4n) is 3.28. The lowest BCUT2D eigenvalue weighted by Crippen LogP contribution is -2.51. The normalized spacial score (nSPS) is 16.6. The average Bonchev–Trinajstić information content (AvgIpc) is 3.00. The number of halogens is 1. The molecule has 1 atom stereocenters. The van der Waals surface area contributed by atoms with Gasteiger partial charge in [0.05, 0.1) is 11.4 Å². The number of nitrogens with zero attached hydrogens (tertiary/aromatic N) is 3. The van der Waals surface area contributed by atoms with Crippen LogP contribution >= 0.6 is 11.6 Å². The summed E-state index contributed by atoms with van der Waals surface area (Å²) in [6.07, 6.45) is 2.12. The van der Waals surface area contributed by atoms with E-state index >= 15 is 0 Å². The standard InChI is InChI=1S/C19H21ClN4O4/c1-12-16(17(20)24(22-12)13-7-3-2-4-8-13)19(27)28-11-15(25)23-10-6-5-9-14(23)18(21)26/h2-4,7-8,14H,5-6,9-11H2,1H3,(H2,21,26)/t14-/m1/s1. The molecule has 2 heterocycles. The van der Waals surface area contributed by atoms with Gasteiger partial charge in [0.25, 0.3) is 5.91 Å². The zero-order valence-corrected chi connectivity index (χ0v) is 16.2. The van der Waals surface area contributed by atoms with E-state index < -0.39 is 30.4 Å². The maximum atomic E-state index is 12.5. The number of ether oxygens (including phenoxy) is 1. The van der Waals surface area contributed by atoms with Crippen LogP contribution in [0.2, 0.25) is 5.15 Å². The molecular weight excluding hydrogens is 384 g/mol. The number of para-hydroxylation sites is 1. The molecule has 1 saturated heterocycles. The molecule has 1 aromatic heterocycles. The number of esters is 1. The van der Waals surface area contributed by atoms with Crippen molar-refractivity contribution in [1.29, 1.82) is 0 Å². The third kappa shape index (κ3) is 4.01. The Hall–Kier alpha value is -2.87. The van der Waals surface area contributed by atoms with Crippen LogP contribution in [0.25, 0.3) is 5.69 Å². The summed E-state index contributed by atoms with van der Waals surface area (Å²) in [5.74, 6) is -1.76. The molecule has 3 rings (SSSR count). The smallest absolute Gasteiger partial charge is 0.343 e. The van der Waals surface area contributed by atoms with Crippen LogP contribution in [0.5, 0.6) is 0 Å². The first-order chi connectivity index (χ1) is 13.4. The summed E-state index contributed by atoms with van der Waals surface area (Å²) in [7, 11) is 0. The van der Waals surface area contributed by atoms with Crippen molar-refractivity contribution in [3.63, 3.8) is 0 Å². The highest BCUT2D eigenvalue weighted by Crippen LogP contribution is 2.24. The first kappa shape index (κ1) is 19.9. The van der Waals surface area contributed by atoms with Crippen molar-refractivity contribution in [3.05, 3.63) is 46.7 Å². The Labute approximate surface area is 167 Å². The second kappa shape index (κ2) is 8.43. The number of hydrogen-bond acceptors (Lipinski definition) is 5. The van der Waals surface area contributed by atoms with Gasteiger partial charge in [0.1, 0.15) is 16.8 Å². The van der Waals surface area contributed by atoms with Crippen molar-refractivity contribution in [2.75, 3.05) is 13.2 Å². The summed E-state index contributed by atoms with van der Waals surface area (Å²) in [5.41, 5.74) is 6.56. The summed E-state index contributed by atoms with van der Waals surface area (Å²) in [6.45, 7) is 1.56. The largest absolute Gasteiger partial charge is 0.452 e. The average molecular weight is 405 g/mol. The van der Waals surface area contributed by atoms with E-state index in [0.717, 1.165) is 12.8 Å². The molecule has 0 spiro atoms. The number of aromatic nitrogens is 2. The van der Waals surface area contributed by atoms with E-state index in [4.69, 9.17) is 22.1 Å². The number of hydrogen-bond donors (Lipinski definition) is 1. The third-order valence-corrected chi connectivity index (χ3v) is 5.04. The van der Waals surface area contributed by atoms with E-state index in [1.165, 1.54) is 9.58 Å². The van der Waals surface area contributed by atoms with Crippen LogP contribution in [0.4, 0.5) is 0 Å². The van der Waals surface area contributed by atoms with Gasteiger partial charge < -0.3 is 15.4 Å². The first-order valence-corrected chi connectivity index (χ1v) is 9.34. The fourth-order valence-corrected chi connectivity index (χ4v) is 3.63. The topological polar surface area (TPSA) is 108 Å². The molecule has 0 unspecified atom stereocenters. The van der Waals surface area contributed by atoms with E-state index in [1.807, 2.05) is 18.2 Å². The van der Waals surface area contributed by atoms with Crippen LogP contribution < -0.4 is 5.73 Å². The van der Waals surface area contributed by atoms with E-state index in [0.29, 0.717) is 24.3 Å². The number of amides is 2. The van der Waals surface area contributed by atoms with Gasteiger partial charge in [-0.05, 0) is 38.3 Å². The molecule has 0 saturated carbocycles. The highest BCUT2D eigenvalue weighted by Gasteiger charge is 2.31. The van der Waals surface area contributed by atoms with Crippen LogP contribution in [0.15, 0.2) is 30.3 Å². The number of piperidine rings is 1. The Balaban J connectivity index is 1.71. The Morgan fingerprint density at radius 1 is 1.25 bits per heavy atom. The minimum absolute atomic E-state index is 0.100. The highest BCUT2D eigenvalue weighted by atomic mass is 35.5. The second-order valence-electron chi connectivity index (χ2n) is 6.58. The molecule has 2 aromatic rings. The lowest BCUT2D eigenvalue weighted by Gasteiger charge is -2.33. The van der Waals surface area contributed by atoms with Crippen molar-refractivity contribution >= 4 is 29.4 Å². The van der Waals surface area contributed by atoms with Gasteiger partial charge in [-0.1, -0.05) is 29.8 Å². The van der Waals surface area contributed by atoms with E-state index in [1.54, 1.807) is 19.1 Å². The van der Waals surface area contributed by atoms with Crippen molar-refractivity contribution in [3.8, 4) is 5.69 Å². The summed E-state index contributed by atoms with van der Waals surface area (Å²) < 4.78 is 6.60. The van der Waals surface area contributed by atoms with Crippen LogP contribution in [0, 0.1) is 6.92 Å². The fraction of sp³-hybridized carbons (Fsp3) is 0.368. The molecule has 9 heteroatoms. The first-order valence-electron chi connectivity index (χ1n) is 8.96. The number of aryl methyl sites for hydroxylation is 1. The molecule has 1 aliphatic heterocycles. The predicted molar refractivity (Wildman–Crippen MR) is 102 cm³/mol. The predicted octanol–water partition coefficient (Wildman–Crippen LogP) is 1.86. The van der Waals surface area contributed by atoms with Crippen molar-refractivity contribution in [1.82, 2.24) is 14.7 Å². The highest BCUT2D eigenvalue weighted by molar-refractivity contribution is 6.33. The quantitative estimate of drug-likeness (QED) is 0.765. The SMILES string of the molecule is Cc1nn(-c2ccccc2)c(Cl)c1C(=O)OCC(=O)N1CCCC[C@@H]1C(N)=O. The monoisotopic (exact) mass is 404 g/mol. The van der Waals surface area contributed by atoms with Gasteiger partial charge in [-0.15, -0.1) is 0 Å². The van der Waals surface area contributed by atoms with Crippen LogP contribution in [-0.2, 0) is 14.3 Å². The maximum Gasteiger partial charge on any atom is 0.343 e. The molecule has 8 nitrogen and oxygen atoms in total. The van der Waals surface area contributed by atoms with Crippen molar-refractivity contribution in [2.45, 2.75) is 32.2 Å². The van der Waals surface area contributed by atoms with Gasteiger partial charge in [0.2, 0.25) is 5.91 Å². The lowest BCUT2D eigenvalue weighted by molar-refractivity contribution is -0.143. The Kier molecular flexibility index (Phi) is 5.99. The molecule has 148 valence electrons. The molecule has 0 radical (unpaired) electrons. The summed E-state index contributed by atoms with van der Waals surface area (Å²) >= 11 is 6.33. The zero-order chi connectivity index (χ0) is 20.3. The van der Waals surface area contributed by atoms with Crippen LogP contribution in [0.3, 0.4) is 0 Å². The molecule has 0 aliphatic carbocycles. The number of nitrogens with two attached hydrogens (primary N) is 1. The van der Waals surface area contributed by atoms with Gasteiger partial charge in [0.15, 0.2) is 6.61 Å². The molecule has 1 fully saturated rings. The minimum Gasteiger partial charge on any atom is -0.452 e. The van der Waals surface area contributed by atoms with Gasteiger partial charge in [-0.25, -0.2) is 9.48 Å². The number of rotatable bonds is 5. The van der Waals surface area contributed by atoms with E-state index in [9.17, 15) is 14.4 Å². The number of benzene rings is 1. The molecule has 0 bridgehead atoms. The van der Waals surface area contributed by atoms with Crippen LogP contribution in [0.1, 0.15) is 35.3 Å². The Morgan fingerprint density at radius 3 is 2.64 bits per heavy atom. The number of primary amides is 1. The molecule has 2 N–H and O–H groups in total. The molecule has 28 heavy (non-hydrogen) atoms. The van der Waals surface area contributed by atoms with E-state index in [-0.39, 0.29) is 10.7 Å². The molecule has 2 amide bonds. The Morgan fingerprint density at radius 2 is 1.96 bits per heavy atom. The van der Waals surface area contributed by atoms with Crippen molar-refractivity contribution < 1.29 is 19.1 Å². The van der Waals surface area contributed by atoms with Crippen molar-refractivity contribution in [2.24, 2.45) is 5.73 Å². The van der Waals surface area contributed by atoms with E-state index in [2.05, 4.69) is 5.10 Å². The lowest BCUT2D eigenvalue weighted by atomic mass is 10.0. The van der Waals surface area contributed by atoms with Gasteiger partial charge in [-0.2, -0.15) is 5.10 Å². The number of carbonyl (C=O) groups is 3. The molecular formula is C19H21ClN4O4. The zero-order valence-electron chi connectivity index (χ0n) is 15.4. The van der Waals surface area contributed by atoms with Gasteiger partial charge in [-0.3, -0.25) is 9.59 Å². The third-order valence-electron chi connectivity index (χ3n) is 4.69. The minimum atomic E-state index is -0.745. The number of carbonyl (C=O) groups excluding carboxylic acids is 3. The maximum absolute atomic E-state index is 12.5. The van der Waals surface area contributed by atoms with Gasteiger partial charge >= 0.3 is 5.97 Å². The molecule has 1 aliphatic rings. The Bertz CT molecular complexity index is 897. The number of likely N-dealkylation sites (tertiary alicyclic amines) is 1. The van der Waals surface area contributed by atoms with Gasteiger partial charge in [0, 0.05) is 6.54 Å². The summed E-state index contributed by atoms with van der Waals surface area (Å²) in [4.78, 5) is 37.9.